The number of halogens is 3. The molecule has 0 aromatic carbocycles. The Kier molecular flexibility index (Phi) is 8.50. The average Bonchev–Trinajstić information content (AvgIpc) is 2.16. The number of hydrogen-bond acceptors (Lipinski definition) is 0. The molecule has 0 atom stereocenters. The minimum atomic E-state index is -3.67. The van der Waals surface area contributed by atoms with E-state index in [-0.39, 0.29) is 51.4 Å². The van der Waals surface area contributed by atoms with Gasteiger partial charge in [-0.05, 0) is 0 Å². The van der Waals surface area contributed by atoms with Crippen LogP contribution in [0.15, 0.2) is 0 Å². The summed E-state index contributed by atoms with van der Waals surface area (Å²) in [6.45, 7) is 4.49. The predicted octanol–water partition coefficient (Wildman–Crippen LogP) is -0.496. The van der Waals surface area contributed by atoms with E-state index in [0.29, 0.717) is 5.41 Å². The van der Waals surface area contributed by atoms with Crippen LogP contribution in [0.4, 0.5) is 12.9 Å². The minimum Gasteiger partial charge on any atom is -0.327 e. The third-order valence-electron chi connectivity index (χ3n) is 1.02. The third kappa shape index (κ3) is 16.2. The molecule has 0 bridgehead atoms. The molecule has 0 amide bonds. The molecule has 1 saturated carbocycles. The molecular weight excluding hydrogens is 167 g/mol. The van der Waals surface area contributed by atoms with Gasteiger partial charge in [-0.3, -0.25) is 12.9 Å². The standard InChI is InChI=1S/C5H9.BF3.K/c1-5(2)3-4-5;2-1(3)4;/h3H,4H2,1-2H3;;/q-1;;+1. The second kappa shape index (κ2) is 6.06. The summed E-state index contributed by atoms with van der Waals surface area (Å²) in [6.07, 6.45) is 3.64. The Labute approximate surface area is 103 Å². The number of hydrogen-bond donors (Lipinski definition) is 0. The van der Waals surface area contributed by atoms with Gasteiger partial charge in [-0.2, -0.15) is 5.41 Å². The zero-order chi connectivity index (χ0) is 7.49. The van der Waals surface area contributed by atoms with Gasteiger partial charge in [0.1, 0.15) is 0 Å². The summed E-state index contributed by atoms with van der Waals surface area (Å²) in [5.74, 6) is 0. The molecule has 5 heteroatoms. The van der Waals surface area contributed by atoms with E-state index in [2.05, 4.69) is 20.3 Å². The number of rotatable bonds is 0. The van der Waals surface area contributed by atoms with Crippen LogP contribution in [0.25, 0.3) is 0 Å². The van der Waals surface area contributed by atoms with Gasteiger partial charge in [0.2, 0.25) is 0 Å². The summed E-state index contributed by atoms with van der Waals surface area (Å²) in [5.41, 5.74) is 0.625. The van der Waals surface area contributed by atoms with Crippen molar-refractivity contribution in [1.82, 2.24) is 0 Å². The normalized spacial score (nSPS) is 17.7. The van der Waals surface area contributed by atoms with Crippen LogP contribution in [0, 0.1) is 11.8 Å². The minimum absolute atomic E-state index is 0. The molecule has 54 valence electrons. The second-order valence-corrected chi connectivity index (χ2v) is 2.64. The SMILES string of the molecule is CC1(C)[CH-]C1.FB(F)F.[K+]. The van der Waals surface area contributed by atoms with Crippen LogP contribution in [-0.2, 0) is 0 Å². The van der Waals surface area contributed by atoms with Crippen molar-refractivity contribution in [2.24, 2.45) is 5.41 Å². The van der Waals surface area contributed by atoms with Crippen LogP contribution in [-0.4, -0.2) is 7.54 Å². The Morgan fingerprint density at radius 2 is 1.40 bits per heavy atom. The molecule has 0 heterocycles. The fraction of sp³-hybridized carbons (Fsp3) is 0.800. The van der Waals surface area contributed by atoms with Crippen molar-refractivity contribution < 1.29 is 64.3 Å². The van der Waals surface area contributed by atoms with Crippen molar-refractivity contribution >= 4 is 7.54 Å². The molecule has 1 aliphatic rings. The zero-order valence-corrected chi connectivity index (χ0v) is 9.62. The van der Waals surface area contributed by atoms with Crippen molar-refractivity contribution in [3.8, 4) is 0 Å². The van der Waals surface area contributed by atoms with Crippen molar-refractivity contribution in [2.45, 2.75) is 20.3 Å². The van der Waals surface area contributed by atoms with Gasteiger partial charge < -0.3 is 6.42 Å². The van der Waals surface area contributed by atoms with E-state index >= 15 is 0 Å². The molecule has 1 aliphatic carbocycles. The Hall–Kier alpha value is 1.49. The first-order chi connectivity index (χ1) is 3.94. The molecule has 0 nitrogen and oxygen atoms in total. The summed E-state index contributed by atoms with van der Waals surface area (Å²) >= 11 is 0. The summed E-state index contributed by atoms with van der Waals surface area (Å²) in [6, 6.07) is 0. The maximum Gasteiger partial charge on any atom is 1.00 e. The predicted molar refractivity (Wildman–Crippen MR) is 31.8 cm³/mol. The van der Waals surface area contributed by atoms with E-state index in [1.807, 2.05) is 0 Å². The van der Waals surface area contributed by atoms with Gasteiger partial charge in [0.25, 0.3) is 0 Å². The molecule has 1 rings (SSSR count). The van der Waals surface area contributed by atoms with Gasteiger partial charge in [-0.25, -0.2) is 6.42 Å². The van der Waals surface area contributed by atoms with Crippen molar-refractivity contribution in [2.75, 3.05) is 0 Å². The van der Waals surface area contributed by atoms with E-state index in [9.17, 15) is 12.9 Å². The van der Waals surface area contributed by atoms with Crippen LogP contribution < -0.4 is 51.4 Å². The molecule has 10 heavy (non-hydrogen) atoms. The molecule has 1 fully saturated rings. The summed E-state index contributed by atoms with van der Waals surface area (Å²) < 4.78 is 29.0. The van der Waals surface area contributed by atoms with Gasteiger partial charge in [0.05, 0.1) is 0 Å². The second-order valence-electron chi connectivity index (χ2n) is 2.64. The molecule has 0 radical (unpaired) electrons. The van der Waals surface area contributed by atoms with Gasteiger partial charge >= 0.3 is 58.9 Å². The summed E-state index contributed by atoms with van der Waals surface area (Å²) in [7, 11) is -3.67. The fourth-order valence-electron chi connectivity index (χ4n) is 0.204. The average molecular weight is 176 g/mol. The Bertz CT molecular complexity index is 78.2. The Morgan fingerprint density at radius 3 is 1.40 bits per heavy atom. The molecule has 0 saturated heterocycles. The van der Waals surface area contributed by atoms with Crippen LogP contribution in [0.3, 0.4) is 0 Å². The quantitative estimate of drug-likeness (QED) is 0.345. The molecule has 0 aromatic heterocycles. The van der Waals surface area contributed by atoms with Crippen molar-refractivity contribution in [3.05, 3.63) is 6.42 Å². The first kappa shape index (κ1) is 14.0. The van der Waals surface area contributed by atoms with Gasteiger partial charge in [0, 0.05) is 0 Å². The Morgan fingerprint density at radius 1 is 1.30 bits per heavy atom. The van der Waals surface area contributed by atoms with Crippen LogP contribution in [0.2, 0.25) is 0 Å². The smallest absolute Gasteiger partial charge is 0.327 e. The van der Waals surface area contributed by atoms with E-state index in [1.165, 1.54) is 6.42 Å². The largest absolute Gasteiger partial charge is 1.00 e. The van der Waals surface area contributed by atoms with Crippen molar-refractivity contribution in [1.29, 1.82) is 0 Å². The van der Waals surface area contributed by atoms with Crippen LogP contribution >= 0.6 is 0 Å². The van der Waals surface area contributed by atoms with Crippen LogP contribution in [0.1, 0.15) is 20.3 Å². The molecule has 0 aromatic rings. The monoisotopic (exact) mass is 176 g/mol. The maximum atomic E-state index is 9.67. The molecule has 0 spiro atoms. The molecule has 0 aliphatic heterocycles. The van der Waals surface area contributed by atoms with Gasteiger partial charge in [0.15, 0.2) is 0 Å². The van der Waals surface area contributed by atoms with E-state index in [4.69, 9.17) is 0 Å². The van der Waals surface area contributed by atoms with E-state index in [0.717, 1.165) is 0 Å². The van der Waals surface area contributed by atoms with Crippen LogP contribution in [0.5, 0.6) is 0 Å². The molecule has 0 unspecified atom stereocenters. The Balaban J connectivity index is 0. The first-order valence-corrected chi connectivity index (χ1v) is 2.71. The molecule has 0 N–H and O–H groups in total. The topological polar surface area (TPSA) is 0 Å². The van der Waals surface area contributed by atoms with E-state index < -0.39 is 7.54 Å². The maximum absolute atomic E-state index is 9.67. The summed E-state index contributed by atoms with van der Waals surface area (Å²) in [4.78, 5) is 0. The summed E-state index contributed by atoms with van der Waals surface area (Å²) in [5, 5.41) is 0. The zero-order valence-electron chi connectivity index (χ0n) is 6.50. The van der Waals surface area contributed by atoms with E-state index in [1.54, 1.807) is 0 Å². The molecular formula is C5H9BF3K. The van der Waals surface area contributed by atoms with Gasteiger partial charge in [-0.15, -0.1) is 0 Å². The van der Waals surface area contributed by atoms with Gasteiger partial charge in [-0.1, -0.05) is 13.8 Å². The van der Waals surface area contributed by atoms with Crippen molar-refractivity contribution in [3.63, 3.8) is 0 Å². The fourth-order valence-corrected chi connectivity index (χ4v) is 0.204. The first-order valence-electron chi connectivity index (χ1n) is 2.71. The third-order valence-corrected chi connectivity index (χ3v) is 1.02.